The van der Waals surface area contributed by atoms with Gasteiger partial charge in [-0.15, -0.1) is 5.10 Å². The summed E-state index contributed by atoms with van der Waals surface area (Å²) in [6.07, 6.45) is 3.69. The predicted molar refractivity (Wildman–Crippen MR) is 99.2 cm³/mol. The van der Waals surface area contributed by atoms with Gasteiger partial charge in [-0.25, -0.2) is 0 Å². The number of amides is 1. The maximum atomic E-state index is 12.8. The third-order valence-electron chi connectivity index (χ3n) is 4.96. The highest BCUT2D eigenvalue weighted by Gasteiger charge is 2.25. The fourth-order valence-corrected chi connectivity index (χ4v) is 3.39. The van der Waals surface area contributed by atoms with Gasteiger partial charge in [-0.2, -0.15) is 5.10 Å². The van der Waals surface area contributed by atoms with E-state index in [0.717, 1.165) is 48.1 Å². The number of ether oxygens (including phenoxy) is 1. The molecular formula is C20H22N4O2. The first-order chi connectivity index (χ1) is 12.7. The molecule has 0 atom stereocenters. The zero-order valence-electron chi connectivity index (χ0n) is 14.8. The number of aromatic nitrogens is 3. The number of piperidine rings is 1. The molecule has 1 amide bonds. The van der Waals surface area contributed by atoms with Crippen LogP contribution >= 0.6 is 0 Å². The minimum atomic E-state index is 0.103. The van der Waals surface area contributed by atoms with E-state index < -0.39 is 0 Å². The summed E-state index contributed by atoms with van der Waals surface area (Å²) in [5.41, 5.74) is 2.63. The summed E-state index contributed by atoms with van der Waals surface area (Å²) < 4.78 is 5.74. The van der Waals surface area contributed by atoms with Gasteiger partial charge in [-0.1, -0.05) is 18.2 Å². The SMILES string of the molecule is Cc1ccc(OCC2CCN(C(=O)c3c[nH]c4ccccc34)CC2)nn1. The first-order valence-electron chi connectivity index (χ1n) is 8.99. The summed E-state index contributed by atoms with van der Waals surface area (Å²) in [5.74, 6) is 1.10. The number of fused-ring (bicyclic) bond motifs is 1. The molecule has 1 saturated heterocycles. The molecule has 1 N–H and O–H groups in total. The molecule has 1 aliphatic rings. The molecule has 3 aromatic rings. The van der Waals surface area contributed by atoms with Crippen molar-refractivity contribution >= 4 is 16.8 Å². The molecular weight excluding hydrogens is 328 g/mol. The van der Waals surface area contributed by atoms with E-state index in [2.05, 4.69) is 15.2 Å². The maximum Gasteiger partial charge on any atom is 0.256 e. The quantitative estimate of drug-likeness (QED) is 0.784. The lowest BCUT2D eigenvalue weighted by Gasteiger charge is -2.31. The molecule has 0 unspecified atom stereocenters. The predicted octanol–water partition coefficient (Wildman–Crippen LogP) is 3.20. The van der Waals surface area contributed by atoms with Gasteiger partial charge in [-0.05, 0) is 37.8 Å². The van der Waals surface area contributed by atoms with Crippen molar-refractivity contribution in [1.29, 1.82) is 0 Å². The molecule has 4 rings (SSSR count). The monoisotopic (exact) mass is 350 g/mol. The van der Waals surface area contributed by atoms with Crippen LogP contribution in [0.2, 0.25) is 0 Å². The highest BCUT2D eigenvalue weighted by molar-refractivity contribution is 6.06. The Balaban J connectivity index is 1.33. The van der Waals surface area contributed by atoms with E-state index in [4.69, 9.17) is 4.74 Å². The smallest absolute Gasteiger partial charge is 0.256 e. The highest BCUT2D eigenvalue weighted by Crippen LogP contribution is 2.23. The Bertz CT molecular complexity index is 896. The third kappa shape index (κ3) is 3.40. The second-order valence-corrected chi connectivity index (χ2v) is 6.81. The Kier molecular flexibility index (Phi) is 4.56. The molecule has 134 valence electrons. The van der Waals surface area contributed by atoms with Crippen molar-refractivity contribution in [3.05, 3.63) is 53.9 Å². The van der Waals surface area contributed by atoms with Crippen LogP contribution in [0.25, 0.3) is 10.9 Å². The van der Waals surface area contributed by atoms with Crippen LogP contribution in [0.1, 0.15) is 28.9 Å². The van der Waals surface area contributed by atoms with Crippen molar-refractivity contribution < 1.29 is 9.53 Å². The first-order valence-corrected chi connectivity index (χ1v) is 8.99. The van der Waals surface area contributed by atoms with Crippen LogP contribution in [-0.2, 0) is 0 Å². The number of carbonyl (C=O) groups is 1. The van der Waals surface area contributed by atoms with Crippen molar-refractivity contribution in [2.24, 2.45) is 5.92 Å². The van der Waals surface area contributed by atoms with Crippen molar-refractivity contribution in [3.63, 3.8) is 0 Å². The molecule has 1 fully saturated rings. The number of nitrogens with zero attached hydrogens (tertiary/aromatic N) is 3. The summed E-state index contributed by atoms with van der Waals surface area (Å²) in [5, 5.41) is 9.02. The summed E-state index contributed by atoms with van der Waals surface area (Å²) in [6.45, 7) is 4.03. The number of hydrogen-bond donors (Lipinski definition) is 1. The number of likely N-dealkylation sites (tertiary alicyclic amines) is 1. The number of para-hydroxylation sites is 1. The first kappa shape index (κ1) is 16.6. The van der Waals surface area contributed by atoms with Crippen LogP contribution in [-0.4, -0.2) is 45.7 Å². The molecule has 1 aromatic carbocycles. The van der Waals surface area contributed by atoms with E-state index in [-0.39, 0.29) is 5.91 Å². The fraction of sp³-hybridized carbons (Fsp3) is 0.350. The standard InChI is InChI=1S/C20H22N4O2/c1-14-6-7-19(23-22-14)26-13-15-8-10-24(11-9-15)20(25)17-12-21-18-5-3-2-4-16(17)18/h2-7,12,15,21H,8-11,13H2,1H3. The lowest BCUT2D eigenvalue weighted by atomic mass is 9.97. The number of H-pyrrole nitrogens is 1. The lowest BCUT2D eigenvalue weighted by molar-refractivity contribution is 0.0661. The summed E-state index contributed by atoms with van der Waals surface area (Å²) >= 11 is 0. The second kappa shape index (κ2) is 7.15. The van der Waals surface area contributed by atoms with Crippen LogP contribution in [0.5, 0.6) is 5.88 Å². The third-order valence-corrected chi connectivity index (χ3v) is 4.96. The number of aromatic amines is 1. The van der Waals surface area contributed by atoms with Gasteiger partial charge >= 0.3 is 0 Å². The molecule has 0 bridgehead atoms. The maximum absolute atomic E-state index is 12.8. The molecule has 6 nitrogen and oxygen atoms in total. The topological polar surface area (TPSA) is 71.1 Å². The van der Waals surface area contributed by atoms with Gasteiger partial charge in [0.05, 0.1) is 17.9 Å². The Morgan fingerprint density at radius 1 is 1.19 bits per heavy atom. The highest BCUT2D eigenvalue weighted by atomic mass is 16.5. The fourth-order valence-electron chi connectivity index (χ4n) is 3.39. The van der Waals surface area contributed by atoms with Crippen LogP contribution in [0, 0.1) is 12.8 Å². The van der Waals surface area contributed by atoms with Crippen LogP contribution in [0.4, 0.5) is 0 Å². The zero-order valence-corrected chi connectivity index (χ0v) is 14.8. The Morgan fingerprint density at radius 3 is 2.77 bits per heavy atom. The van der Waals surface area contributed by atoms with Gasteiger partial charge < -0.3 is 14.6 Å². The van der Waals surface area contributed by atoms with Gasteiger partial charge in [0.15, 0.2) is 0 Å². The Morgan fingerprint density at radius 2 is 2.00 bits per heavy atom. The van der Waals surface area contributed by atoms with Gasteiger partial charge in [-0.3, -0.25) is 4.79 Å². The number of benzene rings is 1. The number of aryl methyl sites for hydroxylation is 1. The molecule has 0 radical (unpaired) electrons. The lowest BCUT2D eigenvalue weighted by Crippen LogP contribution is -2.39. The normalized spacial score (nSPS) is 15.3. The van der Waals surface area contributed by atoms with Crippen LogP contribution < -0.4 is 4.74 Å². The zero-order chi connectivity index (χ0) is 17.9. The molecule has 0 aliphatic carbocycles. The van der Waals surface area contributed by atoms with E-state index >= 15 is 0 Å². The van der Waals surface area contributed by atoms with Crippen molar-refractivity contribution in [2.75, 3.05) is 19.7 Å². The molecule has 0 spiro atoms. The van der Waals surface area contributed by atoms with Crippen LogP contribution in [0.15, 0.2) is 42.6 Å². The number of nitrogens with one attached hydrogen (secondary N) is 1. The number of hydrogen-bond acceptors (Lipinski definition) is 4. The minimum absolute atomic E-state index is 0.103. The van der Waals surface area contributed by atoms with Crippen LogP contribution in [0.3, 0.4) is 0 Å². The van der Waals surface area contributed by atoms with Gasteiger partial charge in [0.25, 0.3) is 5.91 Å². The molecule has 26 heavy (non-hydrogen) atoms. The average Bonchev–Trinajstić information content (AvgIpc) is 3.11. The van der Waals surface area contributed by atoms with Gasteiger partial charge in [0.2, 0.25) is 5.88 Å². The largest absolute Gasteiger partial charge is 0.476 e. The molecule has 0 saturated carbocycles. The van der Waals surface area contributed by atoms with E-state index in [1.54, 1.807) is 0 Å². The van der Waals surface area contributed by atoms with Gasteiger partial charge in [0, 0.05) is 36.3 Å². The summed E-state index contributed by atoms with van der Waals surface area (Å²) in [7, 11) is 0. The van der Waals surface area contributed by atoms with Crippen molar-refractivity contribution in [2.45, 2.75) is 19.8 Å². The van der Waals surface area contributed by atoms with E-state index in [0.29, 0.717) is 18.4 Å². The molecule has 2 aromatic heterocycles. The Hall–Kier alpha value is -2.89. The average molecular weight is 350 g/mol. The minimum Gasteiger partial charge on any atom is -0.476 e. The van der Waals surface area contributed by atoms with E-state index in [1.807, 2.05) is 54.4 Å². The molecule has 1 aliphatic heterocycles. The van der Waals surface area contributed by atoms with Crippen molar-refractivity contribution in [1.82, 2.24) is 20.1 Å². The second-order valence-electron chi connectivity index (χ2n) is 6.81. The summed E-state index contributed by atoms with van der Waals surface area (Å²) in [6, 6.07) is 11.6. The van der Waals surface area contributed by atoms with Gasteiger partial charge in [0.1, 0.15) is 0 Å². The summed E-state index contributed by atoms with van der Waals surface area (Å²) in [4.78, 5) is 18.0. The molecule has 6 heteroatoms. The van der Waals surface area contributed by atoms with Crippen molar-refractivity contribution in [3.8, 4) is 5.88 Å². The number of carbonyl (C=O) groups excluding carboxylic acids is 1. The number of rotatable bonds is 4. The Labute approximate surface area is 152 Å². The molecule has 3 heterocycles. The van der Waals surface area contributed by atoms with E-state index in [9.17, 15) is 4.79 Å². The van der Waals surface area contributed by atoms with E-state index in [1.165, 1.54) is 0 Å².